The van der Waals surface area contributed by atoms with Gasteiger partial charge in [0.2, 0.25) is 0 Å². The van der Waals surface area contributed by atoms with E-state index in [-0.39, 0.29) is 24.0 Å². The van der Waals surface area contributed by atoms with Gasteiger partial charge in [-0.05, 0) is 31.6 Å². The summed E-state index contributed by atoms with van der Waals surface area (Å²) >= 11 is 0. The molecule has 1 fully saturated rings. The molecule has 0 spiro atoms. The second kappa shape index (κ2) is 12.8. The van der Waals surface area contributed by atoms with E-state index in [0.717, 1.165) is 38.2 Å². The van der Waals surface area contributed by atoms with Gasteiger partial charge in [0, 0.05) is 24.3 Å². The number of carbonyl (C=O) groups is 2. The van der Waals surface area contributed by atoms with Gasteiger partial charge in [0.1, 0.15) is 5.78 Å². The number of carbonyl (C=O) groups excluding carboxylic acids is 1. The summed E-state index contributed by atoms with van der Waals surface area (Å²) in [5, 5.41) is 29.0. The average Bonchev–Trinajstić information content (AvgIpc) is 2.87. The zero-order valence-electron chi connectivity index (χ0n) is 16.7. The summed E-state index contributed by atoms with van der Waals surface area (Å²) in [6.07, 6.45) is 12.4. The Morgan fingerprint density at radius 1 is 1.30 bits per heavy atom. The first kappa shape index (κ1) is 23.6. The third kappa shape index (κ3) is 9.34. The Kier molecular flexibility index (Phi) is 11.2. The molecule has 0 heterocycles. The molecule has 0 saturated heterocycles. The van der Waals surface area contributed by atoms with Gasteiger partial charge < -0.3 is 15.3 Å². The fourth-order valence-electron chi connectivity index (χ4n) is 3.82. The molecule has 1 aliphatic rings. The van der Waals surface area contributed by atoms with Crippen molar-refractivity contribution in [3.05, 3.63) is 24.3 Å². The van der Waals surface area contributed by atoms with E-state index in [1.165, 1.54) is 0 Å². The maximum atomic E-state index is 12.2. The van der Waals surface area contributed by atoms with Crippen LogP contribution in [0, 0.1) is 17.8 Å². The summed E-state index contributed by atoms with van der Waals surface area (Å²) in [6, 6.07) is 0. The van der Waals surface area contributed by atoms with Crippen LogP contribution in [0.15, 0.2) is 24.3 Å². The molecule has 1 rings (SSSR count). The topological polar surface area (TPSA) is 94.8 Å². The lowest BCUT2D eigenvalue weighted by Crippen LogP contribution is -2.19. The van der Waals surface area contributed by atoms with Crippen molar-refractivity contribution in [1.82, 2.24) is 0 Å². The van der Waals surface area contributed by atoms with Gasteiger partial charge in [-0.15, -0.1) is 0 Å². The summed E-state index contributed by atoms with van der Waals surface area (Å²) in [6.45, 7) is 4.30. The molecule has 0 aromatic carbocycles. The molecular formula is C22H36O5. The van der Waals surface area contributed by atoms with Crippen molar-refractivity contribution in [2.75, 3.05) is 0 Å². The molecule has 3 N–H and O–H groups in total. The molecule has 1 saturated carbocycles. The van der Waals surface area contributed by atoms with E-state index >= 15 is 0 Å². The first-order valence-corrected chi connectivity index (χ1v) is 10.3. The van der Waals surface area contributed by atoms with Crippen LogP contribution in [0.2, 0.25) is 0 Å². The molecule has 0 unspecified atom stereocenters. The SMILES string of the molecule is CCCC[C@@H](C)C[C@@H](O)/C=C/[C@H]1[C@H](CCCC/C=C/C(=O)O)C(=O)C[C@@H]1O. The molecule has 27 heavy (non-hydrogen) atoms. The van der Waals surface area contributed by atoms with E-state index < -0.39 is 18.2 Å². The van der Waals surface area contributed by atoms with Crippen LogP contribution in [0.4, 0.5) is 0 Å². The zero-order valence-corrected chi connectivity index (χ0v) is 16.7. The smallest absolute Gasteiger partial charge is 0.327 e. The van der Waals surface area contributed by atoms with Crippen molar-refractivity contribution in [2.24, 2.45) is 17.8 Å². The van der Waals surface area contributed by atoms with Crippen LogP contribution in [-0.2, 0) is 9.59 Å². The number of aliphatic hydroxyl groups is 2. The number of aliphatic hydroxyl groups excluding tert-OH is 2. The van der Waals surface area contributed by atoms with Crippen molar-refractivity contribution in [2.45, 2.75) is 83.8 Å². The second-order valence-electron chi connectivity index (χ2n) is 7.88. The molecule has 154 valence electrons. The van der Waals surface area contributed by atoms with E-state index in [0.29, 0.717) is 25.2 Å². The van der Waals surface area contributed by atoms with Gasteiger partial charge in [0.15, 0.2) is 0 Å². The highest BCUT2D eigenvalue weighted by atomic mass is 16.4. The van der Waals surface area contributed by atoms with Crippen LogP contribution >= 0.6 is 0 Å². The molecule has 0 aromatic rings. The quantitative estimate of drug-likeness (QED) is 0.256. The Balaban J connectivity index is 2.47. The average molecular weight is 381 g/mol. The number of hydrogen-bond donors (Lipinski definition) is 3. The third-order valence-corrected chi connectivity index (χ3v) is 5.38. The number of carboxylic acid groups (broad SMARTS) is 1. The summed E-state index contributed by atoms with van der Waals surface area (Å²) in [5.41, 5.74) is 0. The Morgan fingerprint density at radius 2 is 2.04 bits per heavy atom. The van der Waals surface area contributed by atoms with E-state index in [4.69, 9.17) is 5.11 Å². The van der Waals surface area contributed by atoms with Crippen molar-refractivity contribution in [3.63, 3.8) is 0 Å². The molecule has 5 atom stereocenters. The first-order chi connectivity index (χ1) is 12.8. The standard InChI is InChI=1S/C22H36O5/c1-3-4-9-16(2)14-17(23)12-13-19-18(20(24)15-21(19)25)10-7-5-6-8-11-22(26)27/h8,11-13,16-19,21,23,25H,3-7,9-10,14-15H2,1-2H3,(H,26,27)/b11-8+,13-12+/t16-,17+,18+,19+,21+/m1/s1. The van der Waals surface area contributed by atoms with Gasteiger partial charge >= 0.3 is 5.97 Å². The molecule has 0 aliphatic heterocycles. The zero-order chi connectivity index (χ0) is 20.2. The van der Waals surface area contributed by atoms with Gasteiger partial charge in [-0.2, -0.15) is 0 Å². The van der Waals surface area contributed by atoms with Crippen LogP contribution in [0.25, 0.3) is 0 Å². The predicted molar refractivity (Wildman–Crippen MR) is 106 cm³/mol. The van der Waals surface area contributed by atoms with Crippen LogP contribution in [0.1, 0.15) is 71.6 Å². The molecule has 0 bridgehead atoms. The Hall–Kier alpha value is -1.46. The number of aliphatic carboxylic acids is 1. The van der Waals surface area contributed by atoms with Crippen molar-refractivity contribution >= 4 is 11.8 Å². The number of Topliss-reactive ketones (excluding diaryl/α,β-unsaturated/α-hetero) is 1. The van der Waals surface area contributed by atoms with E-state index in [2.05, 4.69) is 13.8 Å². The van der Waals surface area contributed by atoms with Gasteiger partial charge in [0.25, 0.3) is 0 Å². The molecule has 5 heteroatoms. The molecule has 0 aromatic heterocycles. The minimum absolute atomic E-state index is 0.0871. The summed E-state index contributed by atoms with van der Waals surface area (Å²) in [7, 11) is 0. The Morgan fingerprint density at radius 3 is 2.70 bits per heavy atom. The highest BCUT2D eigenvalue weighted by Crippen LogP contribution is 2.34. The van der Waals surface area contributed by atoms with Crippen LogP contribution < -0.4 is 0 Å². The van der Waals surface area contributed by atoms with Gasteiger partial charge in [-0.1, -0.05) is 57.8 Å². The number of unbranched alkanes of at least 4 members (excludes halogenated alkanes) is 3. The Labute approximate surface area is 163 Å². The fourth-order valence-corrected chi connectivity index (χ4v) is 3.82. The van der Waals surface area contributed by atoms with Crippen molar-refractivity contribution < 1.29 is 24.9 Å². The lowest BCUT2D eigenvalue weighted by molar-refractivity contribution is -0.131. The monoisotopic (exact) mass is 380 g/mol. The Bertz CT molecular complexity index is 511. The van der Waals surface area contributed by atoms with Crippen LogP contribution in [-0.4, -0.2) is 39.3 Å². The minimum atomic E-state index is -0.947. The number of allylic oxidation sites excluding steroid dienone is 1. The normalized spacial score (nSPS) is 25.5. The summed E-state index contributed by atoms with van der Waals surface area (Å²) < 4.78 is 0. The van der Waals surface area contributed by atoms with Crippen molar-refractivity contribution in [3.8, 4) is 0 Å². The summed E-state index contributed by atoms with van der Waals surface area (Å²) in [4.78, 5) is 22.6. The highest BCUT2D eigenvalue weighted by Gasteiger charge is 2.39. The molecular weight excluding hydrogens is 344 g/mol. The molecule has 0 radical (unpaired) electrons. The minimum Gasteiger partial charge on any atom is -0.478 e. The maximum absolute atomic E-state index is 12.2. The van der Waals surface area contributed by atoms with E-state index in [1.807, 2.05) is 6.08 Å². The summed E-state index contributed by atoms with van der Waals surface area (Å²) in [5.74, 6) is -0.840. The predicted octanol–water partition coefficient (Wildman–Crippen LogP) is 3.89. The third-order valence-electron chi connectivity index (χ3n) is 5.38. The first-order valence-electron chi connectivity index (χ1n) is 10.3. The van der Waals surface area contributed by atoms with Gasteiger partial charge in [-0.25, -0.2) is 4.79 Å². The highest BCUT2D eigenvalue weighted by molar-refractivity contribution is 5.84. The molecule has 1 aliphatic carbocycles. The number of hydrogen-bond acceptors (Lipinski definition) is 4. The number of carboxylic acids is 1. The molecule has 5 nitrogen and oxygen atoms in total. The molecule has 0 amide bonds. The lowest BCUT2D eigenvalue weighted by atomic mass is 9.88. The van der Waals surface area contributed by atoms with Crippen molar-refractivity contribution in [1.29, 1.82) is 0 Å². The number of ketones is 1. The van der Waals surface area contributed by atoms with E-state index in [1.54, 1.807) is 12.2 Å². The second-order valence-corrected chi connectivity index (χ2v) is 7.88. The van der Waals surface area contributed by atoms with E-state index in [9.17, 15) is 19.8 Å². The number of rotatable bonds is 13. The maximum Gasteiger partial charge on any atom is 0.327 e. The van der Waals surface area contributed by atoms with Gasteiger partial charge in [-0.3, -0.25) is 4.79 Å². The van der Waals surface area contributed by atoms with Gasteiger partial charge in [0.05, 0.1) is 12.2 Å². The lowest BCUT2D eigenvalue weighted by Gasteiger charge is -2.18. The largest absolute Gasteiger partial charge is 0.478 e. The fraction of sp³-hybridized carbons (Fsp3) is 0.727. The van der Waals surface area contributed by atoms with Crippen LogP contribution in [0.3, 0.4) is 0 Å². The van der Waals surface area contributed by atoms with Crippen LogP contribution in [0.5, 0.6) is 0 Å².